The van der Waals surface area contributed by atoms with E-state index in [-0.39, 0.29) is 16.2 Å². The molecule has 0 amide bonds. The predicted octanol–water partition coefficient (Wildman–Crippen LogP) is 13.1. The second kappa shape index (κ2) is 12.3. The maximum atomic E-state index is 6.94. The Morgan fingerprint density at radius 3 is 2.19 bits per heavy atom. The van der Waals surface area contributed by atoms with E-state index in [9.17, 15) is 0 Å². The molecule has 0 radical (unpaired) electrons. The fourth-order valence-corrected chi connectivity index (χ4v) is 10.4. The molecule has 9 aromatic rings. The summed E-state index contributed by atoms with van der Waals surface area (Å²) < 4.78 is 9.51. The molecule has 7 aromatic carbocycles. The quantitative estimate of drug-likeness (QED) is 0.181. The highest BCUT2D eigenvalue weighted by atomic mass is 16.3. The Balaban J connectivity index is 1.20. The van der Waals surface area contributed by atoms with Gasteiger partial charge in [-0.05, 0) is 115 Å². The smallest absolute Gasteiger partial charge is 0.244 e. The van der Waals surface area contributed by atoms with Crippen LogP contribution in [-0.4, -0.2) is 11.8 Å². The van der Waals surface area contributed by atoms with Gasteiger partial charge in [0.2, 0.25) is 7.28 Å². The van der Waals surface area contributed by atoms with Crippen LogP contribution in [0.2, 0.25) is 0 Å². The van der Waals surface area contributed by atoms with Crippen LogP contribution in [0.3, 0.4) is 0 Å². The van der Waals surface area contributed by atoms with Crippen LogP contribution in [0.4, 0.5) is 11.4 Å². The third kappa shape index (κ3) is 5.20. The summed E-state index contributed by atoms with van der Waals surface area (Å²) in [6.45, 7) is 16.7. The Kier molecular flexibility index (Phi) is 7.44. The number of para-hydroxylation sites is 1. The molecule has 0 atom stereocenters. The summed E-state index contributed by atoms with van der Waals surface area (Å²) in [4.78, 5) is 0. The molecule has 4 heteroatoms. The maximum absolute atomic E-state index is 6.94. The van der Waals surface area contributed by atoms with E-state index in [4.69, 9.17) is 4.42 Å². The van der Waals surface area contributed by atoms with Crippen molar-refractivity contribution >= 4 is 73.3 Å². The van der Waals surface area contributed by atoms with Crippen molar-refractivity contribution in [2.24, 2.45) is 0 Å². The number of aromatic nitrogens is 1. The van der Waals surface area contributed by atoms with Crippen LogP contribution in [0, 0.1) is 0 Å². The molecule has 1 aliphatic carbocycles. The Bertz CT molecular complexity index is 3150. The minimum Gasteiger partial charge on any atom is -0.469 e. The molecule has 2 aromatic heterocycles. The summed E-state index contributed by atoms with van der Waals surface area (Å²) in [5.74, 6) is 0. The van der Waals surface area contributed by atoms with E-state index in [0.717, 1.165) is 28.0 Å². The molecule has 0 bridgehead atoms. The van der Waals surface area contributed by atoms with Crippen LogP contribution in [0.1, 0.15) is 78.0 Å². The van der Waals surface area contributed by atoms with E-state index in [0.29, 0.717) is 7.28 Å². The number of fused-ring (bicyclic) bond motifs is 10. The summed E-state index contributed by atoms with van der Waals surface area (Å²) >= 11 is 0. The first kappa shape index (κ1) is 35.2. The first-order chi connectivity index (χ1) is 27.9. The largest absolute Gasteiger partial charge is 0.469 e. The van der Waals surface area contributed by atoms with Crippen molar-refractivity contribution in [2.45, 2.75) is 77.6 Å². The predicted molar refractivity (Wildman–Crippen MR) is 249 cm³/mol. The highest BCUT2D eigenvalue weighted by Crippen LogP contribution is 2.48. The lowest BCUT2D eigenvalue weighted by molar-refractivity contribution is 0.332. The van der Waals surface area contributed by atoms with Gasteiger partial charge in [0.1, 0.15) is 5.58 Å². The lowest BCUT2D eigenvalue weighted by Crippen LogP contribution is -2.36. The Hall–Kier alpha value is -6.00. The molecule has 3 nitrogen and oxygen atoms in total. The molecule has 1 N–H and O–H groups in total. The third-order valence-corrected chi connectivity index (χ3v) is 13.6. The lowest BCUT2D eigenvalue weighted by atomic mass is 9.61. The number of anilines is 2. The van der Waals surface area contributed by atoms with Crippen molar-refractivity contribution in [3.05, 3.63) is 150 Å². The average Bonchev–Trinajstić information content (AvgIpc) is 3.76. The minimum atomic E-state index is -0.137. The van der Waals surface area contributed by atoms with Gasteiger partial charge in [0.25, 0.3) is 0 Å². The standard InChI is InChI=1S/C54H49BN2O/c1-52(2,3)42-31-38(37-19-13-14-20-43(37)56-35-23-24-40-41(30-35)54(6,7)28-27-53(40,4)5)48-50-47(42)46-36-18-12-11-17-33(36)21-25-44(46)57(50)49-39-29-34(32-15-9-8-10-16-32)22-26-45(39)58-51(49)55-48/h8-26,29-31,55-56H,27-28H2,1-7H3. The zero-order valence-electron chi connectivity index (χ0n) is 34.7. The molecule has 1 aliphatic heterocycles. The fourth-order valence-electron chi connectivity index (χ4n) is 10.4. The number of hydrogen-bond acceptors (Lipinski definition) is 2. The Morgan fingerprint density at radius 2 is 1.38 bits per heavy atom. The van der Waals surface area contributed by atoms with Crippen molar-refractivity contribution in [1.82, 2.24) is 4.57 Å². The van der Waals surface area contributed by atoms with Crippen molar-refractivity contribution < 1.29 is 4.42 Å². The molecule has 0 saturated heterocycles. The molecule has 0 saturated carbocycles. The number of hydrogen-bond donors (Lipinski definition) is 1. The van der Waals surface area contributed by atoms with E-state index in [1.807, 2.05) is 0 Å². The van der Waals surface area contributed by atoms with Gasteiger partial charge < -0.3 is 14.3 Å². The molecule has 3 heterocycles. The first-order valence-corrected chi connectivity index (χ1v) is 21.0. The highest BCUT2D eigenvalue weighted by Gasteiger charge is 2.38. The highest BCUT2D eigenvalue weighted by molar-refractivity contribution is 6.73. The van der Waals surface area contributed by atoms with E-state index in [1.165, 1.54) is 95.5 Å². The second-order valence-corrected chi connectivity index (χ2v) is 19.3. The van der Waals surface area contributed by atoms with Crippen molar-refractivity contribution in [2.75, 3.05) is 5.32 Å². The summed E-state index contributed by atoms with van der Waals surface area (Å²) in [6.07, 6.45) is 2.39. The van der Waals surface area contributed by atoms with Crippen LogP contribution in [0.25, 0.3) is 71.5 Å². The lowest BCUT2D eigenvalue weighted by Gasteiger charge is -2.42. The Labute approximate surface area is 342 Å². The number of benzene rings is 7. The third-order valence-electron chi connectivity index (χ3n) is 13.6. The maximum Gasteiger partial charge on any atom is 0.244 e. The van der Waals surface area contributed by atoms with Crippen molar-refractivity contribution in [3.63, 3.8) is 0 Å². The van der Waals surface area contributed by atoms with Crippen molar-refractivity contribution in [3.8, 4) is 27.9 Å². The minimum absolute atomic E-state index is 0.128. The van der Waals surface area contributed by atoms with Gasteiger partial charge in [-0.3, -0.25) is 0 Å². The normalized spacial score (nSPS) is 15.4. The van der Waals surface area contributed by atoms with E-state index in [2.05, 4.69) is 192 Å². The van der Waals surface area contributed by atoms with Crippen molar-refractivity contribution in [1.29, 1.82) is 0 Å². The van der Waals surface area contributed by atoms with Gasteiger partial charge in [0.15, 0.2) is 0 Å². The zero-order chi connectivity index (χ0) is 39.7. The van der Waals surface area contributed by atoms with E-state index in [1.54, 1.807) is 0 Å². The van der Waals surface area contributed by atoms with Gasteiger partial charge in [-0.1, -0.05) is 146 Å². The van der Waals surface area contributed by atoms with Gasteiger partial charge in [0.05, 0.1) is 16.9 Å². The average molecular weight is 753 g/mol. The number of rotatable bonds is 4. The zero-order valence-corrected chi connectivity index (χ0v) is 34.7. The number of nitrogens with zero attached hydrogens (tertiary/aromatic N) is 1. The molecular formula is C54H49BN2O. The molecular weight excluding hydrogens is 703 g/mol. The Morgan fingerprint density at radius 1 is 0.638 bits per heavy atom. The number of furan rings is 1. The van der Waals surface area contributed by atoms with E-state index >= 15 is 0 Å². The molecule has 0 unspecified atom stereocenters. The molecule has 2 aliphatic rings. The topological polar surface area (TPSA) is 30.1 Å². The fraction of sp³-hybridized carbons (Fsp3) is 0.222. The van der Waals surface area contributed by atoms with Gasteiger partial charge >= 0.3 is 0 Å². The molecule has 284 valence electrons. The summed E-state index contributed by atoms with van der Waals surface area (Å²) in [5, 5.41) is 10.3. The van der Waals surface area contributed by atoms with Gasteiger partial charge in [-0.15, -0.1) is 0 Å². The van der Waals surface area contributed by atoms with Gasteiger partial charge in [-0.2, -0.15) is 0 Å². The second-order valence-electron chi connectivity index (χ2n) is 19.3. The van der Waals surface area contributed by atoms with Crippen LogP contribution >= 0.6 is 0 Å². The van der Waals surface area contributed by atoms with Crippen LogP contribution in [0.5, 0.6) is 0 Å². The van der Waals surface area contributed by atoms with Gasteiger partial charge in [-0.25, -0.2) is 0 Å². The molecule has 0 fully saturated rings. The van der Waals surface area contributed by atoms with Crippen LogP contribution < -0.4 is 16.4 Å². The monoisotopic (exact) mass is 752 g/mol. The number of nitrogens with one attached hydrogen (secondary N) is 1. The summed E-state index contributed by atoms with van der Waals surface area (Å²) in [6, 6.07) is 49.5. The summed E-state index contributed by atoms with van der Waals surface area (Å²) in [7, 11) is 0.700. The SMILES string of the molecule is CC(C)(C)c1cc(-c2ccccc2Nc2ccc3c(c2)C(C)(C)CCC3(C)C)c2c3c1c1c4ccccc4ccc1n3-c1c(oc3ccc(-c4ccccc4)cc13)B2. The first-order valence-electron chi connectivity index (χ1n) is 21.0. The van der Waals surface area contributed by atoms with Crippen LogP contribution in [-0.2, 0) is 16.2 Å². The van der Waals surface area contributed by atoms with Crippen LogP contribution in [0.15, 0.2) is 138 Å². The molecule has 58 heavy (non-hydrogen) atoms. The molecule has 0 spiro atoms. The summed E-state index contributed by atoms with van der Waals surface area (Å²) in [5.41, 5.74) is 18.5. The van der Waals surface area contributed by atoms with E-state index < -0.39 is 0 Å². The molecule has 11 rings (SSSR count). The van der Waals surface area contributed by atoms with Gasteiger partial charge in [0, 0.05) is 38.6 Å².